The highest BCUT2D eigenvalue weighted by molar-refractivity contribution is 6.93. The monoisotopic (exact) mass is 584 g/mol. The van der Waals surface area contributed by atoms with Gasteiger partial charge in [0.05, 0.1) is 16.7 Å². The maximum absolute atomic E-state index is 6.98. The van der Waals surface area contributed by atoms with Crippen LogP contribution < -0.4 is 15.9 Å². The van der Waals surface area contributed by atoms with Crippen LogP contribution in [0.3, 0.4) is 0 Å². The molecule has 0 fully saturated rings. The Balaban J connectivity index is 1.43. The van der Waals surface area contributed by atoms with Crippen molar-refractivity contribution in [3.05, 3.63) is 114 Å². The van der Waals surface area contributed by atoms with Crippen LogP contribution in [0.4, 0.5) is 11.4 Å². The van der Waals surface area contributed by atoms with Crippen molar-refractivity contribution in [3.63, 3.8) is 0 Å². The number of rotatable bonds is 5. The summed E-state index contributed by atoms with van der Waals surface area (Å²) in [5.41, 5.74) is 14.8. The van der Waals surface area contributed by atoms with Crippen molar-refractivity contribution in [2.24, 2.45) is 0 Å². The summed E-state index contributed by atoms with van der Waals surface area (Å²) in [6.45, 7) is 9.23. The van der Waals surface area contributed by atoms with Gasteiger partial charge in [0.2, 0.25) is 0 Å². The zero-order chi connectivity index (χ0) is 30.4. The van der Waals surface area contributed by atoms with E-state index in [-0.39, 0.29) is 12.3 Å². The van der Waals surface area contributed by atoms with Gasteiger partial charge in [-0.1, -0.05) is 107 Å². The number of aromatic nitrogens is 1. The van der Waals surface area contributed by atoms with Crippen molar-refractivity contribution in [1.29, 1.82) is 0 Å². The van der Waals surface area contributed by atoms with Gasteiger partial charge in [0, 0.05) is 33.1 Å². The molecule has 0 aliphatic carbocycles. The summed E-state index contributed by atoms with van der Waals surface area (Å²) in [7, 11) is 0. The number of fused-ring (bicyclic) bond motifs is 10. The smallest absolute Gasteiger partial charge is 0.375 e. The van der Waals surface area contributed by atoms with Gasteiger partial charge in [0.15, 0.2) is 0 Å². The van der Waals surface area contributed by atoms with E-state index in [1.54, 1.807) is 0 Å². The highest BCUT2D eigenvalue weighted by Crippen LogP contribution is 2.48. The van der Waals surface area contributed by atoms with Gasteiger partial charge >= 0.3 is 6.85 Å². The second-order valence-electron chi connectivity index (χ2n) is 13.9. The Morgan fingerprint density at radius 1 is 0.756 bits per heavy atom. The van der Waals surface area contributed by atoms with Crippen LogP contribution in [0.15, 0.2) is 108 Å². The molecule has 0 amide bonds. The van der Waals surface area contributed by atoms with Crippen LogP contribution in [-0.2, 0) is 11.8 Å². The number of unbranched alkanes of at least 4 members (excludes halogenated alkanes) is 2. The summed E-state index contributed by atoms with van der Waals surface area (Å²) >= 11 is 0. The van der Waals surface area contributed by atoms with Crippen molar-refractivity contribution in [3.8, 4) is 16.8 Å². The number of aryl methyl sites for hydroxylation is 1. The van der Waals surface area contributed by atoms with E-state index < -0.39 is 0 Å². The normalized spacial score (nSPS) is 13.6. The van der Waals surface area contributed by atoms with Gasteiger partial charge in [-0.25, -0.2) is 0 Å². The minimum atomic E-state index is -0.100. The van der Waals surface area contributed by atoms with E-state index in [1.165, 1.54) is 85.8 Å². The molecule has 5 aromatic carbocycles. The lowest BCUT2D eigenvalue weighted by molar-refractivity contribution is 0.596. The topological polar surface area (TPSA) is 21.3 Å². The molecule has 0 N–H and O–H groups in total. The molecule has 7 aromatic rings. The second kappa shape index (κ2) is 9.65. The predicted octanol–water partition coefficient (Wildman–Crippen LogP) is 9.80. The summed E-state index contributed by atoms with van der Waals surface area (Å²) < 4.78 is 9.51. The molecule has 0 spiro atoms. The molecule has 0 unspecified atom stereocenters. The van der Waals surface area contributed by atoms with E-state index >= 15 is 0 Å². The van der Waals surface area contributed by atoms with Gasteiger partial charge in [-0.2, -0.15) is 0 Å². The predicted molar refractivity (Wildman–Crippen MR) is 192 cm³/mol. The summed E-state index contributed by atoms with van der Waals surface area (Å²) in [6.07, 6.45) is 4.88. The Bertz CT molecular complexity index is 2280. The first-order valence-corrected chi connectivity index (χ1v) is 16.6. The van der Waals surface area contributed by atoms with E-state index in [9.17, 15) is 0 Å². The molecule has 0 saturated carbocycles. The average molecular weight is 585 g/mol. The molecule has 3 nitrogen and oxygen atoms in total. The van der Waals surface area contributed by atoms with Gasteiger partial charge in [0.1, 0.15) is 11.2 Å². The number of para-hydroxylation sites is 3. The van der Waals surface area contributed by atoms with Gasteiger partial charge in [0.25, 0.3) is 0 Å². The van der Waals surface area contributed by atoms with E-state index in [1.807, 2.05) is 0 Å². The Kier molecular flexibility index (Phi) is 5.72. The maximum atomic E-state index is 6.98. The first-order valence-electron chi connectivity index (χ1n) is 16.6. The average Bonchev–Trinajstić information content (AvgIpc) is 3.60. The Labute approximate surface area is 265 Å². The van der Waals surface area contributed by atoms with Crippen LogP contribution in [0.25, 0.3) is 49.6 Å². The van der Waals surface area contributed by atoms with Crippen LogP contribution in [0.1, 0.15) is 58.1 Å². The van der Waals surface area contributed by atoms with Gasteiger partial charge in [-0.05, 0) is 76.8 Å². The van der Waals surface area contributed by atoms with Crippen LogP contribution in [0.2, 0.25) is 0 Å². The van der Waals surface area contributed by atoms with Crippen LogP contribution in [-0.4, -0.2) is 11.4 Å². The quantitative estimate of drug-likeness (QED) is 0.148. The lowest BCUT2D eigenvalue weighted by Gasteiger charge is -2.41. The molecule has 4 heterocycles. The molecule has 2 aromatic heterocycles. The van der Waals surface area contributed by atoms with E-state index in [0.29, 0.717) is 0 Å². The van der Waals surface area contributed by atoms with Gasteiger partial charge in [-0.15, -0.1) is 0 Å². The van der Waals surface area contributed by atoms with Crippen LogP contribution in [0.5, 0.6) is 0 Å². The Morgan fingerprint density at radius 3 is 2.29 bits per heavy atom. The van der Waals surface area contributed by atoms with E-state index in [0.717, 1.165) is 23.0 Å². The Morgan fingerprint density at radius 2 is 1.49 bits per heavy atom. The number of benzene rings is 5. The molecule has 0 bridgehead atoms. The molecule has 45 heavy (non-hydrogen) atoms. The molecular weight excluding hydrogens is 547 g/mol. The molecule has 2 aliphatic rings. The molecule has 9 rings (SSSR count). The Hall–Kier alpha value is -4.70. The van der Waals surface area contributed by atoms with Crippen molar-refractivity contribution >= 4 is 62.1 Å². The number of nitrogens with zero attached hydrogens (tertiary/aromatic N) is 2. The van der Waals surface area contributed by atoms with E-state index in [4.69, 9.17) is 4.42 Å². The molecule has 0 saturated heterocycles. The third-order valence-corrected chi connectivity index (χ3v) is 10.1. The van der Waals surface area contributed by atoms with Crippen molar-refractivity contribution in [2.45, 2.75) is 58.8 Å². The molecule has 4 heteroatoms. The molecule has 0 atom stereocenters. The van der Waals surface area contributed by atoms with Crippen molar-refractivity contribution < 1.29 is 4.42 Å². The SMILES string of the molecule is CCCCCc1ccc(N2B3c4oc5ccccc5c4-n4c5ccccc5c5c(C(C)(C)C)cc(c3c54)-c3ccccc32)cc1. The summed E-state index contributed by atoms with van der Waals surface area (Å²) in [4.78, 5) is 2.55. The molecule has 0 radical (unpaired) electrons. The molecule has 220 valence electrons. The number of furan rings is 1. The molecule has 2 aliphatic heterocycles. The fourth-order valence-corrected chi connectivity index (χ4v) is 8.10. The zero-order valence-corrected chi connectivity index (χ0v) is 26.5. The fourth-order valence-electron chi connectivity index (χ4n) is 8.10. The summed E-state index contributed by atoms with van der Waals surface area (Å²) in [5, 5.41) is 3.83. The maximum Gasteiger partial charge on any atom is 0.375 e. The number of anilines is 2. The van der Waals surface area contributed by atoms with Crippen molar-refractivity contribution in [2.75, 3.05) is 4.81 Å². The van der Waals surface area contributed by atoms with Crippen molar-refractivity contribution in [1.82, 2.24) is 4.57 Å². The van der Waals surface area contributed by atoms with E-state index in [2.05, 4.69) is 140 Å². The summed E-state index contributed by atoms with van der Waals surface area (Å²) in [5.74, 6) is 0. The third kappa shape index (κ3) is 3.72. The summed E-state index contributed by atoms with van der Waals surface area (Å²) in [6, 6.07) is 38.3. The van der Waals surface area contributed by atoms with Crippen LogP contribution in [0, 0.1) is 0 Å². The first kappa shape index (κ1) is 26.7. The second-order valence-corrected chi connectivity index (χ2v) is 13.9. The third-order valence-electron chi connectivity index (χ3n) is 10.1. The van der Waals surface area contributed by atoms with Gasteiger partial charge in [-0.3, -0.25) is 0 Å². The highest BCUT2D eigenvalue weighted by atomic mass is 16.3. The lowest BCUT2D eigenvalue weighted by atomic mass is 9.46. The largest absolute Gasteiger partial charge is 0.466 e. The first-order chi connectivity index (χ1) is 22.0. The van der Waals surface area contributed by atoms with Crippen LogP contribution >= 0.6 is 0 Å². The minimum Gasteiger partial charge on any atom is -0.466 e. The fraction of sp³-hybridized carbons (Fsp3) is 0.220. The lowest BCUT2D eigenvalue weighted by Crippen LogP contribution is -2.60. The van der Waals surface area contributed by atoms with Gasteiger partial charge < -0.3 is 13.8 Å². The standard InChI is InChI=1S/C41H37BN2O/c1-5-6-7-14-26-21-23-27(24-22-26)44-34-19-12-8-15-28(34)31-25-32(41(2,3)4)36-29-16-9-11-18-33(29)43-38-30-17-10-13-20-35(30)45-40(38)42(44)37(31)39(36)43/h8-13,15-25H,5-7,14H2,1-4H3. The highest BCUT2D eigenvalue weighted by Gasteiger charge is 2.47. The minimum absolute atomic E-state index is 0.0437. The zero-order valence-electron chi connectivity index (χ0n) is 26.5. The molecular formula is C41H37BN2O. The number of hydrogen-bond donors (Lipinski definition) is 0. The number of hydrogen-bond acceptors (Lipinski definition) is 2.